The van der Waals surface area contributed by atoms with Gasteiger partial charge in [0.05, 0.1) is 11.6 Å². The molecule has 0 bridgehead atoms. The van der Waals surface area contributed by atoms with Crippen LogP contribution < -0.4 is 9.64 Å². The molecule has 0 aliphatic heterocycles. The van der Waals surface area contributed by atoms with E-state index < -0.39 is 0 Å². The molecular formula is C14H17NO2S. The summed E-state index contributed by atoms with van der Waals surface area (Å²) >= 11 is 5.41. The summed E-state index contributed by atoms with van der Waals surface area (Å²) in [5.41, 5.74) is 0.767. The third kappa shape index (κ3) is 2.34. The maximum Gasteiger partial charge on any atom is 0.197 e. The van der Waals surface area contributed by atoms with Crippen LogP contribution >= 0.6 is 12.2 Å². The fourth-order valence-electron chi connectivity index (χ4n) is 1.94. The molecular weight excluding hydrogens is 246 g/mol. The zero-order valence-corrected chi connectivity index (χ0v) is 11.7. The molecule has 0 fully saturated rings. The third-order valence-corrected chi connectivity index (χ3v) is 3.34. The molecule has 1 heterocycles. The van der Waals surface area contributed by atoms with Gasteiger partial charge in [-0.2, -0.15) is 0 Å². The topological polar surface area (TPSA) is 25.6 Å². The predicted octanol–water partition coefficient (Wildman–Crippen LogP) is 4.02. The summed E-state index contributed by atoms with van der Waals surface area (Å²) in [7, 11) is 1.64. The zero-order chi connectivity index (χ0) is 13.1. The molecule has 0 unspecified atom stereocenters. The molecule has 0 radical (unpaired) electrons. The molecule has 1 aromatic carbocycles. The summed E-state index contributed by atoms with van der Waals surface area (Å²) in [6.45, 7) is 5.98. The average Bonchev–Trinajstić information content (AvgIpc) is 2.39. The second kappa shape index (κ2) is 5.40. The van der Waals surface area contributed by atoms with Gasteiger partial charge in [0.1, 0.15) is 11.3 Å². The van der Waals surface area contributed by atoms with Gasteiger partial charge in [-0.1, -0.05) is 12.2 Å². The van der Waals surface area contributed by atoms with Gasteiger partial charge in [0.25, 0.3) is 0 Å². The minimum atomic E-state index is 0.767. The Labute approximate surface area is 112 Å². The van der Waals surface area contributed by atoms with Crippen LogP contribution in [-0.4, -0.2) is 20.2 Å². The molecule has 0 saturated heterocycles. The van der Waals surface area contributed by atoms with Crippen LogP contribution in [0.4, 0.5) is 5.88 Å². The van der Waals surface area contributed by atoms with Crippen LogP contribution in [0.2, 0.25) is 0 Å². The van der Waals surface area contributed by atoms with Crippen molar-refractivity contribution in [2.45, 2.75) is 13.8 Å². The molecule has 0 aliphatic rings. The summed E-state index contributed by atoms with van der Waals surface area (Å²) in [6.07, 6.45) is 0. The molecule has 3 nitrogen and oxygen atoms in total. The Morgan fingerprint density at radius 1 is 1.22 bits per heavy atom. The highest BCUT2D eigenvalue weighted by Gasteiger charge is 2.08. The average molecular weight is 263 g/mol. The Hall–Kier alpha value is -1.55. The van der Waals surface area contributed by atoms with Gasteiger partial charge in [-0.3, -0.25) is 0 Å². The quantitative estimate of drug-likeness (QED) is 0.778. The van der Waals surface area contributed by atoms with E-state index in [4.69, 9.17) is 21.4 Å². The van der Waals surface area contributed by atoms with Gasteiger partial charge in [-0.25, -0.2) is 0 Å². The van der Waals surface area contributed by atoms with Crippen LogP contribution in [0.5, 0.6) is 5.75 Å². The Kier molecular flexibility index (Phi) is 3.87. The first-order valence-corrected chi connectivity index (χ1v) is 6.47. The van der Waals surface area contributed by atoms with Gasteiger partial charge in [0.15, 0.2) is 5.88 Å². The number of ether oxygens (including phenoxy) is 1. The number of fused-ring (bicyclic) bond motifs is 1. The molecule has 0 atom stereocenters. The summed E-state index contributed by atoms with van der Waals surface area (Å²) in [6, 6.07) is 7.62. The second-order valence-electron chi connectivity index (χ2n) is 3.98. The van der Waals surface area contributed by atoms with E-state index in [-0.39, 0.29) is 0 Å². The third-order valence-electron chi connectivity index (χ3n) is 3.00. The van der Waals surface area contributed by atoms with Crippen molar-refractivity contribution in [3.8, 4) is 5.75 Å². The molecule has 0 spiro atoms. The van der Waals surface area contributed by atoms with Gasteiger partial charge in [-0.15, -0.1) is 0 Å². The monoisotopic (exact) mass is 263 g/mol. The molecule has 0 saturated carbocycles. The highest BCUT2D eigenvalue weighted by Crippen LogP contribution is 2.27. The molecule has 4 heteroatoms. The number of rotatable bonds is 4. The van der Waals surface area contributed by atoms with Gasteiger partial charge in [0, 0.05) is 30.6 Å². The van der Waals surface area contributed by atoms with Crippen molar-refractivity contribution in [3.63, 3.8) is 0 Å². The van der Waals surface area contributed by atoms with Crippen LogP contribution in [0.25, 0.3) is 11.0 Å². The number of hydrogen-bond donors (Lipinski definition) is 0. The fraction of sp³-hybridized carbons (Fsp3) is 0.357. The predicted molar refractivity (Wildman–Crippen MR) is 77.2 cm³/mol. The Balaban J connectivity index is 2.62. The largest absolute Gasteiger partial charge is 0.497 e. The maximum absolute atomic E-state index is 5.91. The smallest absolute Gasteiger partial charge is 0.197 e. The first-order chi connectivity index (χ1) is 8.69. The lowest BCUT2D eigenvalue weighted by Gasteiger charge is -2.19. The number of nitrogens with zero attached hydrogens (tertiary/aromatic N) is 1. The van der Waals surface area contributed by atoms with E-state index in [0.29, 0.717) is 0 Å². The summed E-state index contributed by atoms with van der Waals surface area (Å²) in [5.74, 6) is 1.59. The molecule has 1 aromatic heterocycles. The number of anilines is 1. The molecule has 18 heavy (non-hydrogen) atoms. The van der Waals surface area contributed by atoms with Gasteiger partial charge in [0.2, 0.25) is 0 Å². The van der Waals surface area contributed by atoms with E-state index in [1.165, 1.54) is 0 Å². The molecule has 0 aliphatic carbocycles. The van der Waals surface area contributed by atoms with E-state index in [0.717, 1.165) is 40.2 Å². The van der Waals surface area contributed by atoms with Crippen LogP contribution in [-0.2, 0) is 0 Å². The van der Waals surface area contributed by atoms with Gasteiger partial charge >= 0.3 is 0 Å². The molecule has 0 N–H and O–H groups in total. The summed E-state index contributed by atoms with van der Waals surface area (Å²) < 4.78 is 11.9. The number of methoxy groups -OCH3 is 1. The van der Waals surface area contributed by atoms with E-state index >= 15 is 0 Å². The maximum atomic E-state index is 5.91. The molecule has 2 rings (SSSR count). The van der Waals surface area contributed by atoms with Crippen molar-refractivity contribution in [2.75, 3.05) is 25.1 Å². The lowest BCUT2D eigenvalue weighted by Crippen LogP contribution is -2.21. The minimum absolute atomic E-state index is 0.767. The first-order valence-electron chi connectivity index (χ1n) is 6.06. The van der Waals surface area contributed by atoms with Crippen LogP contribution in [0.3, 0.4) is 0 Å². The van der Waals surface area contributed by atoms with Crippen molar-refractivity contribution >= 4 is 29.1 Å². The second-order valence-corrected chi connectivity index (χ2v) is 4.42. The normalized spacial score (nSPS) is 10.6. The fourth-order valence-corrected chi connectivity index (χ4v) is 2.21. The van der Waals surface area contributed by atoms with E-state index in [9.17, 15) is 0 Å². The Morgan fingerprint density at radius 3 is 2.56 bits per heavy atom. The highest BCUT2D eigenvalue weighted by molar-refractivity contribution is 7.71. The van der Waals surface area contributed by atoms with Crippen LogP contribution in [0, 0.1) is 4.51 Å². The van der Waals surface area contributed by atoms with E-state index in [1.807, 2.05) is 24.3 Å². The van der Waals surface area contributed by atoms with E-state index in [1.54, 1.807) is 7.11 Å². The molecule has 0 amide bonds. The van der Waals surface area contributed by atoms with Crippen molar-refractivity contribution in [3.05, 3.63) is 28.8 Å². The SMILES string of the molecule is CCN(CC)c1cc(=S)c2ccc(OC)cc2o1. The Bertz CT molecular complexity index is 602. The van der Waals surface area contributed by atoms with Crippen molar-refractivity contribution in [1.29, 1.82) is 0 Å². The van der Waals surface area contributed by atoms with Gasteiger partial charge < -0.3 is 14.1 Å². The zero-order valence-electron chi connectivity index (χ0n) is 10.9. The summed E-state index contributed by atoms with van der Waals surface area (Å²) in [4.78, 5) is 2.13. The minimum Gasteiger partial charge on any atom is -0.497 e. The standard InChI is InChI=1S/C14H17NO2S/c1-4-15(5-2)14-9-13(18)11-7-6-10(16-3)8-12(11)17-14/h6-9H,4-5H2,1-3H3. The van der Waals surface area contributed by atoms with Crippen LogP contribution in [0.15, 0.2) is 28.7 Å². The van der Waals surface area contributed by atoms with E-state index in [2.05, 4.69) is 18.7 Å². The van der Waals surface area contributed by atoms with Crippen molar-refractivity contribution in [2.24, 2.45) is 0 Å². The lowest BCUT2D eigenvalue weighted by atomic mass is 10.2. The Morgan fingerprint density at radius 2 is 1.94 bits per heavy atom. The van der Waals surface area contributed by atoms with Crippen LogP contribution in [0.1, 0.15) is 13.8 Å². The van der Waals surface area contributed by atoms with Gasteiger partial charge in [-0.05, 0) is 26.0 Å². The molecule has 2 aromatic rings. The molecule has 96 valence electrons. The number of hydrogen-bond acceptors (Lipinski definition) is 4. The highest BCUT2D eigenvalue weighted by atomic mass is 32.1. The number of benzene rings is 1. The lowest BCUT2D eigenvalue weighted by molar-refractivity contribution is 0.414. The van der Waals surface area contributed by atoms with Crippen molar-refractivity contribution in [1.82, 2.24) is 0 Å². The summed E-state index contributed by atoms with van der Waals surface area (Å²) in [5, 5.41) is 0.946. The van der Waals surface area contributed by atoms with Crippen molar-refractivity contribution < 1.29 is 9.15 Å². The first kappa shape index (κ1) is 12.9.